The maximum Gasteiger partial charge on any atom is 0.0320 e. The van der Waals surface area contributed by atoms with Crippen LogP contribution in [0.1, 0.15) is 50.8 Å². The normalized spacial score (nSPS) is 24.1. The Balaban J connectivity index is 2.03. The summed E-state index contributed by atoms with van der Waals surface area (Å²) in [5.74, 6) is 0.658. The zero-order valence-electron chi connectivity index (χ0n) is 12.6. The predicted molar refractivity (Wildman–Crippen MR) is 82.2 cm³/mol. The highest BCUT2D eigenvalue weighted by Gasteiger charge is 2.26. The van der Waals surface area contributed by atoms with Crippen molar-refractivity contribution in [3.63, 3.8) is 0 Å². The van der Waals surface area contributed by atoms with E-state index in [-0.39, 0.29) is 0 Å². The SMILES string of the molecule is CCc1ccc(C(C)N2CCCC(C(C)N)C2)cc1. The molecular weight excluding hydrogens is 232 g/mol. The molecule has 1 aromatic carbocycles. The van der Waals surface area contributed by atoms with Gasteiger partial charge < -0.3 is 5.73 Å². The summed E-state index contributed by atoms with van der Waals surface area (Å²) in [4.78, 5) is 2.60. The van der Waals surface area contributed by atoms with Gasteiger partial charge in [0, 0.05) is 18.6 Å². The third kappa shape index (κ3) is 3.58. The number of benzene rings is 1. The van der Waals surface area contributed by atoms with Crippen LogP contribution in [-0.4, -0.2) is 24.0 Å². The van der Waals surface area contributed by atoms with E-state index in [0.29, 0.717) is 18.0 Å². The maximum absolute atomic E-state index is 6.08. The largest absolute Gasteiger partial charge is 0.328 e. The Labute approximate surface area is 118 Å². The van der Waals surface area contributed by atoms with Crippen LogP contribution in [0.2, 0.25) is 0 Å². The Bertz CT molecular complexity index is 383. The second-order valence-corrected chi connectivity index (χ2v) is 6.03. The van der Waals surface area contributed by atoms with Gasteiger partial charge in [0.1, 0.15) is 0 Å². The standard InChI is InChI=1S/C17H28N2/c1-4-15-7-9-16(10-8-15)14(3)19-11-5-6-17(12-19)13(2)18/h7-10,13-14,17H,4-6,11-12,18H2,1-3H3. The number of hydrogen-bond acceptors (Lipinski definition) is 2. The average Bonchev–Trinajstić information content (AvgIpc) is 2.46. The quantitative estimate of drug-likeness (QED) is 0.899. The molecule has 1 heterocycles. The summed E-state index contributed by atoms with van der Waals surface area (Å²) in [6.07, 6.45) is 3.68. The molecule has 0 aliphatic carbocycles. The molecule has 0 saturated carbocycles. The molecule has 3 unspecified atom stereocenters. The van der Waals surface area contributed by atoms with E-state index in [2.05, 4.69) is 49.9 Å². The molecule has 0 aromatic heterocycles. The van der Waals surface area contributed by atoms with Crippen LogP contribution in [0.5, 0.6) is 0 Å². The van der Waals surface area contributed by atoms with Crippen LogP contribution >= 0.6 is 0 Å². The van der Waals surface area contributed by atoms with Crippen LogP contribution in [0.15, 0.2) is 24.3 Å². The van der Waals surface area contributed by atoms with Crippen LogP contribution in [0.4, 0.5) is 0 Å². The molecular formula is C17H28N2. The molecule has 0 spiro atoms. The van der Waals surface area contributed by atoms with Crippen molar-refractivity contribution in [2.75, 3.05) is 13.1 Å². The lowest BCUT2D eigenvalue weighted by atomic mass is 9.90. The monoisotopic (exact) mass is 260 g/mol. The van der Waals surface area contributed by atoms with E-state index in [4.69, 9.17) is 5.73 Å². The minimum Gasteiger partial charge on any atom is -0.328 e. The highest BCUT2D eigenvalue weighted by molar-refractivity contribution is 5.24. The highest BCUT2D eigenvalue weighted by atomic mass is 15.2. The van der Waals surface area contributed by atoms with E-state index in [0.717, 1.165) is 13.0 Å². The molecule has 1 aliphatic heterocycles. The molecule has 2 rings (SSSR count). The summed E-state index contributed by atoms with van der Waals surface area (Å²) < 4.78 is 0. The van der Waals surface area contributed by atoms with Crippen molar-refractivity contribution < 1.29 is 0 Å². The van der Waals surface area contributed by atoms with Crippen molar-refractivity contribution in [3.8, 4) is 0 Å². The second-order valence-electron chi connectivity index (χ2n) is 6.03. The zero-order valence-corrected chi connectivity index (χ0v) is 12.6. The minimum atomic E-state index is 0.317. The molecule has 19 heavy (non-hydrogen) atoms. The highest BCUT2D eigenvalue weighted by Crippen LogP contribution is 2.27. The van der Waals surface area contributed by atoms with Gasteiger partial charge in [0.15, 0.2) is 0 Å². The third-order valence-corrected chi connectivity index (χ3v) is 4.65. The first-order valence-electron chi connectivity index (χ1n) is 7.70. The van der Waals surface area contributed by atoms with Gasteiger partial charge in [-0.3, -0.25) is 4.90 Å². The van der Waals surface area contributed by atoms with E-state index in [1.54, 1.807) is 0 Å². The molecule has 1 aromatic rings. The summed E-state index contributed by atoms with van der Waals surface area (Å²) in [6, 6.07) is 9.93. The zero-order chi connectivity index (χ0) is 13.8. The van der Waals surface area contributed by atoms with Gasteiger partial charge in [0.05, 0.1) is 0 Å². The molecule has 1 fully saturated rings. The van der Waals surface area contributed by atoms with Crippen LogP contribution in [0.25, 0.3) is 0 Å². The van der Waals surface area contributed by atoms with Crippen molar-refractivity contribution in [3.05, 3.63) is 35.4 Å². The fourth-order valence-corrected chi connectivity index (χ4v) is 3.06. The minimum absolute atomic E-state index is 0.317. The van der Waals surface area contributed by atoms with Gasteiger partial charge in [-0.25, -0.2) is 0 Å². The molecule has 1 aliphatic rings. The number of aryl methyl sites for hydroxylation is 1. The second kappa shape index (κ2) is 6.53. The van der Waals surface area contributed by atoms with Crippen LogP contribution < -0.4 is 5.73 Å². The first-order valence-corrected chi connectivity index (χ1v) is 7.70. The Hall–Kier alpha value is -0.860. The number of nitrogens with two attached hydrogens (primary N) is 1. The van der Waals surface area contributed by atoms with Crippen LogP contribution in [0.3, 0.4) is 0 Å². The summed E-state index contributed by atoms with van der Waals surface area (Å²) in [5.41, 5.74) is 8.93. The summed E-state index contributed by atoms with van der Waals surface area (Å²) in [7, 11) is 0. The fraction of sp³-hybridized carbons (Fsp3) is 0.647. The summed E-state index contributed by atoms with van der Waals surface area (Å²) >= 11 is 0. The van der Waals surface area contributed by atoms with Gasteiger partial charge in [0.2, 0.25) is 0 Å². The lowest BCUT2D eigenvalue weighted by Gasteiger charge is -2.38. The Kier molecular flexibility index (Phi) is 5.00. The lowest BCUT2D eigenvalue weighted by molar-refractivity contribution is 0.121. The van der Waals surface area contributed by atoms with E-state index in [1.165, 1.54) is 30.5 Å². The molecule has 1 saturated heterocycles. The molecule has 2 N–H and O–H groups in total. The Morgan fingerprint density at radius 3 is 2.53 bits per heavy atom. The van der Waals surface area contributed by atoms with Crippen molar-refractivity contribution >= 4 is 0 Å². The molecule has 0 radical (unpaired) electrons. The summed E-state index contributed by atoms with van der Waals surface area (Å²) in [5, 5.41) is 0. The van der Waals surface area contributed by atoms with Crippen LogP contribution in [0, 0.1) is 5.92 Å². The van der Waals surface area contributed by atoms with Crippen molar-refractivity contribution in [1.29, 1.82) is 0 Å². The van der Waals surface area contributed by atoms with Gasteiger partial charge in [0.25, 0.3) is 0 Å². The Morgan fingerprint density at radius 1 is 1.26 bits per heavy atom. The molecule has 3 atom stereocenters. The maximum atomic E-state index is 6.08. The third-order valence-electron chi connectivity index (χ3n) is 4.65. The predicted octanol–water partition coefficient (Wildman–Crippen LogP) is 3.37. The van der Waals surface area contributed by atoms with Gasteiger partial charge in [-0.1, -0.05) is 31.2 Å². The van der Waals surface area contributed by atoms with Gasteiger partial charge >= 0.3 is 0 Å². The average molecular weight is 260 g/mol. The Morgan fingerprint density at radius 2 is 1.95 bits per heavy atom. The fourth-order valence-electron chi connectivity index (χ4n) is 3.06. The van der Waals surface area contributed by atoms with Crippen molar-refractivity contribution in [2.45, 2.75) is 52.1 Å². The van der Waals surface area contributed by atoms with Gasteiger partial charge in [-0.15, -0.1) is 0 Å². The van der Waals surface area contributed by atoms with Crippen molar-refractivity contribution in [1.82, 2.24) is 4.90 Å². The van der Waals surface area contributed by atoms with E-state index < -0.39 is 0 Å². The molecule has 106 valence electrons. The lowest BCUT2D eigenvalue weighted by Crippen LogP contribution is -2.43. The molecule has 2 nitrogen and oxygen atoms in total. The number of rotatable bonds is 4. The molecule has 0 amide bonds. The summed E-state index contributed by atoms with van der Waals surface area (Å²) in [6.45, 7) is 9.03. The van der Waals surface area contributed by atoms with E-state index in [9.17, 15) is 0 Å². The number of piperidine rings is 1. The van der Waals surface area contributed by atoms with Gasteiger partial charge in [-0.2, -0.15) is 0 Å². The van der Waals surface area contributed by atoms with Crippen LogP contribution in [-0.2, 0) is 6.42 Å². The first kappa shape index (κ1) is 14.5. The van der Waals surface area contributed by atoms with E-state index in [1.807, 2.05) is 0 Å². The first-order chi connectivity index (χ1) is 9.11. The molecule has 2 heteroatoms. The molecule has 0 bridgehead atoms. The number of nitrogens with zero attached hydrogens (tertiary/aromatic N) is 1. The smallest absolute Gasteiger partial charge is 0.0320 e. The number of likely N-dealkylation sites (tertiary alicyclic amines) is 1. The van der Waals surface area contributed by atoms with E-state index >= 15 is 0 Å². The van der Waals surface area contributed by atoms with Gasteiger partial charge in [-0.05, 0) is 56.7 Å². The van der Waals surface area contributed by atoms with Crippen molar-refractivity contribution in [2.24, 2.45) is 11.7 Å². The topological polar surface area (TPSA) is 29.3 Å². The number of hydrogen-bond donors (Lipinski definition) is 1.